The van der Waals surface area contributed by atoms with Gasteiger partial charge < -0.3 is 16.2 Å². The standard InChI is InChI=1S/C22H22F3N3O2/c23-22(24,25)18-7-5-16(6-8-18)15-3-1-14(2-4-15)11-17(12-26)19-13-30-10-9-21(19,28)20(27)29/h1-8,17,19H,9-11,13,28H2,(H2,27,29). The van der Waals surface area contributed by atoms with Crippen molar-refractivity contribution < 1.29 is 22.7 Å². The van der Waals surface area contributed by atoms with Gasteiger partial charge in [0.2, 0.25) is 5.91 Å². The summed E-state index contributed by atoms with van der Waals surface area (Å²) in [6.45, 7) is 0.497. The van der Waals surface area contributed by atoms with Crippen LogP contribution in [-0.4, -0.2) is 24.7 Å². The summed E-state index contributed by atoms with van der Waals surface area (Å²) in [5, 5.41) is 9.67. The minimum absolute atomic E-state index is 0.182. The van der Waals surface area contributed by atoms with E-state index in [1.54, 1.807) is 12.1 Å². The number of amides is 1. The molecule has 3 rings (SSSR count). The van der Waals surface area contributed by atoms with E-state index < -0.39 is 35.0 Å². The van der Waals surface area contributed by atoms with E-state index in [1.807, 2.05) is 12.1 Å². The third-order valence-electron chi connectivity index (χ3n) is 5.68. The van der Waals surface area contributed by atoms with E-state index in [0.29, 0.717) is 18.6 Å². The number of hydrogen-bond donors (Lipinski definition) is 2. The van der Waals surface area contributed by atoms with Crippen molar-refractivity contribution >= 4 is 5.91 Å². The first kappa shape index (κ1) is 21.8. The molecule has 0 bridgehead atoms. The molecule has 0 spiro atoms. The molecule has 1 saturated heterocycles. The van der Waals surface area contributed by atoms with Crippen LogP contribution < -0.4 is 11.5 Å². The van der Waals surface area contributed by atoms with Crippen molar-refractivity contribution in [2.45, 2.75) is 24.6 Å². The van der Waals surface area contributed by atoms with E-state index in [-0.39, 0.29) is 13.0 Å². The van der Waals surface area contributed by atoms with Gasteiger partial charge >= 0.3 is 6.18 Å². The van der Waals surface area contributed by atoms with Gasteiger partial charge in [-0.3, -0.25) is 4.79 Å². The fourth-order valence-electron chi connectivity index (χ4n) is 3.78. The van der Waals surface area contributed by atoms with Gasteiger partial charge in [-0.25, -0.2) is 0 Å². The van der Waals surface area contributed by atoms with Crippen LogP contribution >= 0.6 is 0 Å². The largest absolute Gasteiger partial charge is 0.416 e. The molecule has 0 saturated carbocycles. The van der Waals surface area contributed by atoms with Gasteiger partial charge in [-0.2, -0.15) is 18.4 Å². The maximum Gasteiger partial charge on any atom is 0.416 e. The smallest absolute Gasteiger partial charge is 0.381 e. The molecule has 3 unspecified atom stereocenters. The Morgan fingerprint density at radius 3 is 2.23 bits per heavy atom. The van der Waals surface area contributed by atoms with E-state index in [4.69, 9.17) is 16.2 Å². The van der Waals surface area contributed by atoms with Gasteiger partial charge in [0.25, 0.3) is 0 Å². The summed E-state index contributed by atoms with van der Waals surface area (Å²) in [6, 6.07) is 14.3. The molecule has 0 radical (unpaired) electrons. The van der Waals surface area contributed by atoms with Crippen molar-refractivity contribution in [1.29, 1.82) is 5.26 Å². The molecular formula is C22H22F3N3O2. The SMILES string of the molecule is N#CC(Cc1ccc(-c2ccc(C(F)(F)F)cc2)cc1)C1COCCC1(N)C(N)=O. The highest BCUT2D eigenvalue weighted by Crippen LogP contribution is 2.33. The minimum Gasteiger partial charge on any atom is -0.381 e. The highest BCUT2D eigenvalue weighted by atomic mass is 19.4. The number of halogens is 3. The van der Waals surface area contributed by atoms with E-state index in [0.717, 1.165) is 23.3 Å². The summed E-state index contributed by atoms with van der Waals surface area (Å²) in [6.07, 6.45) is -3.76. The van der Waals surface area contributed by atoms with Crippen LogP contribution in [0, 0.1) is 23.2 Å². The monoisotopic (exact) mass is 417 g/mol. The minimum atomic E-state index is -4.37. The number of hydrogen-bond acceptors (Lipinski definition) is 4. The third kappa shape index (κ3) is 4.48. The van der Waals surface area contributed by atoms with E-state index >= 15 is 0 Å². The third-order valence-corrected chi connectivity index (χ3v) is 5.68. The number of carbonyl (C=O) groups is 1. The van der Waals surface area contributed by atoms with Gasteiger partial charge in [0.1, 0.15) is 5.54 Å². The molecule has 30 heavy (non-hydrogen) atoms. The van der Waals surface area contributed by atoms with Crippen LogP contribution in [0.2, 0.25) is 0 Å². The maximum atomic E-state index is 12.7. The highest BCUT2D eigenvalue weighted by Gasteiger charge is 2.47. The molecular weight excluding hydrogens is 395 g/mol. The topological polar surface area (TPSA) is 102 Å². The van der Waals surface area contributed by atoms with Gasteiger partial charge in [-0.1, -0.05) is 36.4 Å². The van der Waals surface area contributed by atoms with Crippen LogP contribution in [0.4, 0.5) is 13.2 Å². The number of alkyl halides is 3. The lowest BCUT2D eigenvalue weighted by Gasteiger charge is -2.40. The Labute approximate surface area is 172 Å². The number of primary amides is 1. The fraction of sp³-hybridized carbons (Fsp3) is 0.364. The Kier molecular flexibility index (Phi) is 6.15. The van der Waals surface area contributed by atoms with Gasteiger partial charge in [-0.15, -0.1) is 0 Å². The van der Waals surface area contributed by atoms with Crippen LogP contribution in [0.15, 0.2) is 48.5 Å². The number of rotatable bonds is 5. The average molecular weight is 417 g/mol. The van der Waals surface area contributed by atoms with E-state index in [9.17, 15) is 23.2 Å². The van der Waals surface area contributed by atoms with Crippen molar-refractivity contribution in [3.8, 4) is 17.2 Å². The summed E-state index contributed by atoms with van der Waals surface area (Å²) in [5.41, 5.74) is 12.0. The van der Waals surface area contributed by atoms with Crippen molar-refractivity contribution in [1.82, 2.24) is 0 Å². The Balaban J connectivity index is 1.76. The molecule has 1 heterocycles. The van der Waals surface area contributed by atoms with Crippen LogP contribution in [-0.2, 0) is 22.1 Å². The Bertz CT molecular complexity index is 936. The summed E-state index contributed by atoms with van der Waals surface area (Å²) < 4.78 is 43.6. The number of nitriles is 1. The number of ether oxygens (including phenoxy) is 1. The highest BCUT2D eigenvalue weighted by molar-refractivity contribution is 5.85. The zero-order chi connectivity index (χ0) is 21.9. The lowest BCUT2D eigenvalue weighted by Crippen LogP contribution is -2.63. The molecule has 0 aliphatic carbocycles. The molecule has 1 aliphatic heterocycles. The molecule has 2 aromatic rings. The second-order valence-electron chi connectivity index (χ2n) is 7.55. The molecule has 1 aliphatic rings. The second kappa shape index (κ2) is 8.46. The molecule has 5 nitrogen and oxygen atoms in total. The molecule has 1 amide bonds. The van der Waals surface area contributed by atoms with E-state index in [2.05, 4.69) is 6.07 Å². The van der Waals surface area contributed by atoms with Crippen LogP contribution in [0.25, 0.3) is 11.1 Å². The number of benzene rings is 2. The molecule has 8 heteroatoms. The van der Waals surface area contributed by atoms with Gasteiger partial charge in [-0.05, 0) is 41.7 Å². The molecule has 2 aromatic carbocycles. The van der Waals surface area contributed by atoms with E-state index in [1.165, 1.54) is 12.1 Å². The van der Waals surface area contributed by atoms with Crippen LogP contribution in [0.1, 0.15) is 17.5 Å². The molecule has 3 atom stereocenters. The average Bonchev–Trinajstić information content (AvgIpc) is 2.72. The Morgan fingerprint density at radius 1 is 1.17 bits per heavy atom. The molecule has 158 valence electrons. The zero-order valence-corrected chi connectivity index (χ0v) is 16.2. The van der Waals surface area contributed by atoms with Crippen molar-refractivity contribution in [2.75, 3.05) is 13.2 Å². The Morgan fingerprint density at radius 2 is 1.73 bits per heavy atom. The normalized spacial score (nSPS) is 22.8. The zero-order valence-electron chi connectivity index (χ0n) is 16.2. The molecule has 0 aromatic heterocycles. The number of carbonyl (C=O) groups excluding carboxylic acids is 1. The molecule has 1 fully saturated rings. The summed E-state index contributed by atoms with van der Waals surface area (Å²) >= 11 is 0. The first-order valence-electron chi connectivity index (χ1n) is 9.48. The molecule has 4 N–H and O–H groups in total. The van der Waals surface area contributed by atoms with Gasteiger partial charge in [0.05, 0.1) is 24.2 Å². The van der Waals surface area contributed by atoms with Gasteiger partial charge in [0, 0.05) is 12.5 Å². The van der Waals surface area contributed by atoms with Crippen molar-refractivity contribution in [3.63, 3.8) is 0 Å². The van der Waals surface area contributed by atoms with Gasteiger partial charge in [0.15, 0.2) is 0 Å². The summed E-state index contributed by atoms with van der Waals surface area (Å²) in [7, 11) is 0. The Hall–Kier alpha value is -2.89. The van der Waals surface area contributed by atoms with Crippen molar-refractivity contribution in [3.05, 3.63) is 59.7 Å². The summed E-state index contributed by atoms with van der Waals surface area (Å²) in [5.74, 6) is -1.74. The first-order valence-corrected chi connectivity index (χ1v) is 9.48. The first-order chi connectivity index (χ1) is 14.1. The predicted molar refractivity (Wildman–Crippen MR) is 105 cm³/mol. The fourth-order valence-corrected chi connectivity index (χ4v) is 3.78. The second-order valence-corrected chi connectivity index (χ2v) is 7.55. The van der Waals surface area contributed by atoms with Crippen LogP contribution in [0.3, 0.4) is 0 Å². The maximum absolute atomic E-state index is 12.7. The summed E-state index contributed by atoms with van der Waals surface area (Å²) in [4.78, 5) is 11.9. The number of nitrogens with two attached hydrogens (primary N) is 2. The lowest BCUT2D eigenvalue weighted by molar-refractivity contribution is -0.137. The predicted octanol–water partition coefficient (Wildman–Crippen LogP) is 3.27. The number of nitrogens with zero attached hydrogens (tertiary/aromatic N) is 1. The van der Waals surface area contributed by atoms with Crippen molar-refractivity contribution in [2.24, 2.45) is 23.3 Å². The lowest BCUT2D eigenvalue weighted by atomic mass is 9.71. The van der Waals surface area contributed by atoms with Crippen LogP contribution in [0.5, 0.6) is 0 Å². The quantitative estimate of drug-likeness (QED) is 0.779.